The lowest BCUT2D eigenvalue weighted by atomic mass is 9.90. The second-order valence-corrected chi connectivity index (χ2v) is 9.47. The third kappa shape index (κ3) is 3.97. The van der Waals surface area contributed by atoms with Crippen molar-refractivity contribution in [1.29, 1.82) is 0 Å². The Labute approximate surface area is 212 Å². The van der Waals surface area contributed by atoms with Crippen LogP contribution in [0.4, 0.5) is 17.6 Å². The first kappa shape index (κ1) is 24.9. The summed E-state index contributed by atoms with van der Waals surface area (Å²) < 4.78 is 57.8. The van der Waals surface area contributed by atoms with Gasteiger partial charge in [0.15, 0.2) is 0 Å². The zero-order chi connectivity index (χ0) is 26.7. The van der Waals surface area contributed by atoms with Gasteiger partial charge in [-0.1, -0.05) is 23.7 Å². The van der Waals surface area contributed by atoms with Gasteiger partial charge in [-0.15, -0.1) is 0 Å². The van der Waals surface area contributed by atoms with Crippen molar-refractivity contribution < 1.29 is 37.1 Å². The van der Waals surface area contributed by atoms with Crippen molar-refractivity contribution >= 4 is 29.9 Å². The van der Waals surface area contributed by atoms with Crippen molar-refractivity contribution in [1.82, 2.24) is 14.7 Å². The van der Waals surface area contributed by atoms with Crippen molar-refractivity contribution in [3.8, 4) is 11.3 Å². The second kappa shape index (κ2) is 8.69. The molecule has 0 unspecified atom stereocenters. The summed E-state index contributed by atoms with van der Waals surface area (Å²) in [6.45, 7) is 0.156. The molecule has 2 aliphatic rings. The highest BCUT2D eigenvalue weighted by atomic mass is 35.5. The molecule has 1 amide bonds. The fourth-order valence-corrected chi connectivity index (χ4v) is 5.08. The number of hydrogen-bond donors (Lipinski definition) is 1. The first-order chi connectivity index (χ1) is 17.5. The van der Waals surface area contributed by atoms with Crippen LogP contribution in [0.15, 0.2) is 36.4 Å². The van der Waals surface area contributed by atoms with E-state index in [1.54, 1.807) is 0 Å². The van der Waals surface area contributed by atoms with Crippen LogP contribution in [0, 0.1) is 5.82 Å². The molecule has 1 aliphatic heterocycles. The summed E-state index contributed by atoms with van der Waals surface area (Å²) in [7, 11) is 0. The average Bonchev–Trinajstić information content (AvgIpc) is 3.59. The summed E-state index contributed by atoms with van der Waals surface area (Å²) in [6, 6.07) is 7.09. The number of rotatable bonds is 5. The number of halogens is 5. The number of carboxylic acid groups (broad SMARTS) is 1. The fraction of sp³-hybridized carbons (Fsp3) is 0.280. The third-order valence-electron chi connectivity index (χ3n) is 6.94. The Morgan fingerprint density at radius 1 is 1.16 bits per heavy atom. The number of benzene rings is 2. The van der Waals surface area contributed by atoms with Crippen LogP contribution in [0.25, 0.3) is 11.3 Å². The largest absolute Gasteiger partial charge is 0.478 e. The molecular weight excluding hydrogens is 518 g/mol. The van der Waals surface area contributed by atoms with Gasteiger partial charge in [0.05, 0.1) is 39.5 Å². The van der Waals surface area contributed by atoms with Gasteiger partial charge < -0.3 is 10.0 Å². The van der Waals surface area contributed by atoms with Crippen molar-refractivity contribution in [2.24, 2.45) is 0 Å². The molecule has 0 spiro atoms. The van der Waals surface area contributed by atoms with E-state index in [-0.39, 0.29) is 71.0 Å². The van der Waals surface area contributed by atoms with Crippen LogP contribution >= 0.6 is 11.6 Å². The number of amides is 1. The Bertz CT molecular complexity index is 1460. The number of alkyl halides is 3. The first-order valence-corrected chi connectivity index (χ1v) is 11.6. The standard InChI is InChI=1S/C25H18ClF4N3O4/c26-17-3-1-2-16(24(7-8-24)25(28,29)30)20(17)22(35)33-19-11-32(12-34)9-6-15(19)21(31-33)14-5-4-13(23(36)37)10-18(14)27/h1-5,10,12H,6-9,11H2,(H,36,37). The Hall–Kier alpha value is -3.73. The Morgan fingerprint density at radius 2 is 1.89 bits per heavy atom. The van der Waals surface area contributed by atoms with Crippen molar-refractivity contribution in [3.63, 3.8) is 0 Å². The number of nitrogens with zero attached hydrogens (tertiary/aromatic N) is 3. The third-order valence-corrected chi connectivity index (χ3v) is 7.25. The predicted octanol–water partition coefficient (Wildman–Crippen LogP) is 4.84. The van der Waals surface area contributed by atoms with Crippen LogP contribution in [0.5, 0.6) is 0 Å². The molecule has 3 aromatic rings. The molecule has 1 aromatic heterocycles. The molecule has 2 heterocycles. The number of aromatic nitrogens is 2. The van der Waals surface area contributed by atoms with E-state index in [0.717, 1.165) is 10.7 Å². The SMILES string of the molecule is O=CN1CCc2c(-c3ccc(C(=O)O)cc3F)nn(C(=O)c3c(Cl)cccc3C3(C(F)(F)F)CC3)c2C1. The van der Waals surface area contributed by atoms with Gasteiger partial charge in [-0.3, -0.25) is 9.59 Å². The molecule has 37 heavy (non-hydrogen) atoms. The van der Waals surface area contributed by atoms with Crippen molar-refractivity contribution in [2.45, 2.75) is 37.4 Å². The molecule has 7 nitrogen and oxygen atoms in total. The molecule has 5 rings (SSSR count). The monoisotopic (exact) mass is 535 g/mol. The van der Waals surface area contributed by atoms with Gasteiger partial charge in [0, 0.05) is 17.7 Å². The molecule has 0 bridgehead atoms. The Morgan fingerprint density at radius 3 is 2.49 bits per heavy atom. The quantitative estimate of drug-likeness (QED) is 0.373. The fourth-order valence-electron chi connectivity index (χ4n) is 4.83. The van der Waals surface area contributed by atoms with Gasteiger partial charge in [0.25, 0.3) is 5.91 Å². The van der Waals surface area contributed by atoms with E-state index in [1.165, 1.54) is 35.2 Å². The summed E-state index contributed by atoms with van der Waals surface area (Å²) in [6.07, 6.45) is -4.24. The molecule has 1 fully saturated rings. The van der Waals surface area contributed by atoms with E-state index < -0.39 is 29.3 Å². The van der Waals surface area contributed by atoms with E-state index in [9.17, 15) is 31.9 Å². The number of hydrogen-bond acceptors (Lipinski definition) is 4. The highest BCUT2D eigenvalue weighted by molar-refractivity contribution is 6.34. The minimum absolute atomic E-state index is 0.0360. The Balaban J connectivity index is 1.69. The molecular formula is C25H18ClF4N3O4. The number of carbonyl (C=O) groups is 3. The van der Waals surface area contributed by atoms with Crippen molar-refractivity contribution in [2.75, 3.05) is 6.54 Å². The van der Waals surface area contributed by atoms with E-state index in [0.29, 0.717) is 12.0 Å². The Kier molecular flexibility index (Phi) is 5.86. The number of fused-ring (bicyclic) bond motifs is 1. The zero-order valence-corrected chi connectivity index (χ0v) is 19.7. The zero-order valence-electron chi connectivity index (χ0n) is 19.0. The summed E-state index contributed by atoms with van der Waals surface area (Å²) in [5.74, 6) is -3.17. The maximum atomic E-state index is 15.0. The topological polar surface area (TPSA) is 92.5 Å². The number of carbonyl (C=O) groups excluding carboxylic acids is 2. The number of carboxylic acids is 1. The summed E-state index contributed by atoms with van der Waals surface area (Å²) >= 11 is 6.28. The van der Waals surface area contributed by atoms with E-state index in [4.69, 9.17) is 16.7 Å². The van der Waals surface area contributed by atoms with Crippen LogP contribution in [-0.2, 0) is 23.2 Å². The predicted molar refractivity (Wildman–Crippen MR) is 123 cm³/mol. The lowest BCUT2D eigenvalue weighted by Crippen LogP contribution is -2.33. The molecule has 192 valence electrons. The molecule has 0 radical (unpaired) electrons. The van der Waals surface area contributed by atoms with Crippen LogP contribution in [0.3, 0.4) is 0 Å². The van der Waals surface area contributed by atoms with Gasteiger partial charge >= 0.3 is 12.1 Å². The maximum absolute atomic E-state index is 15.0. The molecule has 12 heteroatoms. The molecule has 1 N–H and O–H groups in total. The highest BCUT2D eigenvalue weighted by Crippen LogP contribution is 2.60. The lowest BCUT2D eigenvalue weighted by Gasteiger charge is -2.25. The smallest absolute Gasteiger partial charge is 0.398 e. The molecule has 0 atom stereocenters. The minimum atomic E-state index is -4.61. The van der Waals surface area contributed by atoms with Gasteiger partial charge in [0.1, 0.15) is 5.82 Å². The first-order valence-electron chi connectivity index (χ1n) is 11.2. The van der Waals surface area contributed by atoms with E-state index >= 15 is 0 Å². The van der Waals surface area contributed by atoms with E-state index in [2.05, 4.69) is 5.10 Å². The van der Waals surface area contributed by atoms with Crippen LogP contribution in [0.2, 0.25) is 5.02 Å². The highest BCUT2D eigenvalue weighted by Gasteiger charge is 2.65. The van der Waals surface area contributed by atoms with Crippen molar-refractivity contribution in [3.05, 3.63) is 75.2 Å². The summed E-state index contributed by atoms with van der Waals surface area (Å²) in [4.78, 5) is 37.8. The summed E-state index contributed by atoms with van der Waals surface area (Å²) in [5, 5.41) is 13.2. The number of aromatic carboxylic acids is 1. The van der Waals surface area contributed by atoms with Crippen LogP contribution in [-0.4, -0.2) is 50.8 Å². The molecule has 0 saturated heterocycles. The van der Waals surface area contributed by atoms with E-state index in [1.807, 2.05) is 0 Å². The van der Waals surface area contributed by atoms with Crippen LogP contribution < -0.4 is 0 Å². The van der Waals surface area contributed by atoms with Crippen LogP contribution in [0.1, 0.15) is 50.4 Å². The van der Waals surface area contributed by atoms with Gasteiger partial charge in [0.2, 0.25) is 6.41 Å². The average molecular weight is 536 g/mol. The minimum Gasteiger partial charge on any atom is -0.478 e. The van der Waals surface area contributed by atoms with Gasteiger partial charge in [-0.05, 0) is 49.1 Å². The molecule has 1 aliphatic carbocycles. The molecule has 2 aromatic carbocycles. The summed E-state index contributed by atoms with van der Waals surface area (Å²) in [5.41, 5.74) is -2.52. The normalized spacial score (nSPS) is 16.3. The lowest BCUT2D eigenvalue weighted by molar-refractivity contribution is -0.160. The second-order valence-electron chi connectivity index (χ2n) is 9.06. The van der Waals surface area contributed by atoms with Gasteiger partial charge in [-0.25, -0.2) is 9.18 Å². The molecule has 1 saturated carbocycles. The van der Waals surface area contributed by atoms with Gasteiger partial charge in [-0.2, -0.15) is 23.0 Å². The maximum Gasteiger partial charge on any atom is 0.398 e.